The molecule has 0 aromatic heterocycles. The Labute approximate surface area is 178 Å². The molecule has 1 fully saturated rings. The molecule has 1 saturated carbocycles. The van der Waals surface area contributed by atoms with Crippen LogP contribution >= 0.6 is 12.6 Å². The molecule has 0 aliphatic heterocycles. The molecule has 154 valence electrons. The van der Waals surface area contributed by atoms with Crippen molar-refractivity contribution < 1.29 is 14.3 Å². The van der Waals surface area contributed by atoms with Gasteiger partial charge in [-0.15, -0.1) is 0 Å². The van der Waals surface area contributed by atoms with Crippen molar-refractivity contribution in [1.29, 1.82) is 0 Å². The van der Waals surface area contributed by atoms with Crippen LogP contribution in [0.4, 0.5) is 0 Å². The fourth-order valence-electron chi connectivity index (χ4n) is 3.86. The Hall–Kier alpha value is -2.27. The normalized spacial score (nSPS) is 19.9. The fraction of sp³-hybridized carbons (Fsp3) is 0.417. The molecule has 3 unspecified atom stereocenters. The van der Waals surface area contributed by atoms with Crippen LogP contribution in [0.5, 0.6) is 0 Å². The number of carbonyl (C=O) groups is 2. The first kappa shape index (κ1) is 21.4. The smallest absolute Gasteiger partial charge is 0.311 e. The lowest BCUT2D eigenvalue weighted by Crippen LogP contribution is -2.48. The lowest BCUT2D eigenvalue weighted by Gasteiger charge is -2.31. The van der Waals surface area contributed by atoms with Gasteiger partial charge in [0.05, 0.1) is 11.8 Å². The van der Waals surface area contributed by atoms with E-state index in [0.717, 1.165) is 36.8 Å². The van der Waals surface area contributed by atoms with Crippen molar-refractivity contribution in [2.75, 3.05) is 5.75 Å². The monoisotopic (exact) mass is 411 g/mol. The highest BCUT2D eigenvalue weighted by Crippen LogP contribution is 2.26. The summed E-state index contributed by atoms with van der Waals surface area (Å²) in [7, 11) is 0. The number of ether oxygens (including phenoxy) is 1. The maximum Gasteiger partial charge on any atom is 0.311 e. The van der Waals surface area contributed by atoms with E-state index in [0.29, 0.717) is 12.2 Å². The maximum atomic E-state index is 12.9. The third-order valence-corrected chi connectivity index (χ3v) is 5.98. The Kier molecular flexibility index (Phi) is 8.17. The van der Waals surface area contributed by atoms with Crippen molar-refractivity contribution in [3.05, 3.63) is 71.8 Å². The molecular formula is C24H29NO3S. The van der Waals surface area contributed by atoms with Gasteiger partial charge in [0.25, 0.3) is 0 Å². The first-order chi connectivity index (χ1) is 14.2. The molecule has 3 rings (SSSR count). The maximum absolute atomic E-state index is 12.9. The van der Waals surface area contributed by atoms with Gasteiger partial charge in [0.1, 0.15) is 6.61 Å². The van der Waals surface area contributed by atoms with Gasteiger partial charge >= 0.3 is 5.97 Å². The molecule has 0 heterocycles. The van der Waals surface area contributed by atoms with Gasteiger partial charge in [0, 0.05) is 11.8 Å². The molecule has 0 saturated heterocycles. The third-order valence-electron chi connectivity index (χ3n) is 5.54. The summed E-state index contributed by atoms with van der Waals surface area (Å²) in [5, 5.41) is 3.13. The van der Waals surface area contributed by atoms with E-state index in [9.17, 15) is 9.59 Å². The summed E-state index contributed by atoms with van der Waals surface area (Å²) in [4.78, 5) is 25.6. The molecular weight excluding hydrogens is 382 g/mol. The Morgan fingerprint density at radius 2 is 1.59 bits per heavy atom. The van der Waals surface area contributed by atoms with E-state index in [2.05, 4.69) is 17.9 Å². The third kappa shape index (κ3) is 6.36. The van der Waals surface area contributed by atoms with E-state index < -0.39 is 0 Å². The summed E-state index contributed by atoms with van der Waals surface area (Å²) in [6.45, 7) is 0.268. The molecule has 29 heavy (non-hydrogen) atoms. The number of benzene rings is 2. The predicted octanol–water partition coefficient (Wildman–Crippen LogP) is 4.19. The lowest BCUT2D eigenvalue weighted by molar-refractivity contribution is -0.152. The summed E-state index contributed by atoms with van der Waals surface area (Å²) in [5.74, 6) is -0.283. The standard InChI is InChI=1S/C24H29NO3S/c26-23(20(17-29)15-18-9-3-1-4-10-18)25-22-14-8-7-13-21(22)24(27)28-16-19-11-5-2-6-12-19/h1-6,9-12,20-22,29H,7-8,13-17H2,(H,25,26). The van der Waals surface area contributed by atoms with Crippen molar-refractivity contribution in [3.63, 3.8) is 0 Å². The van der Waals surface area contributed by atoms with Gasteiger partial charge in [-0.1, -0.05) is 73.5 Å². The van der Waals surface area contributed by atoms with Crippen LogP contribution in [0.15, 0.2) is 60.7 Å². The average molecular weight is 412 g/mol. The Morgan fingerprint density at radius 3 is 2.24 bits per heavy atom. The van der Waals surface area contributed by atoms with Crippen molar-refractivity contribution >= 4 is 24.5 Å². The van der Waals surface area contributed by atoms with Crippen molar-refractivity contribution in [1.82, 2.24) is 5.32 Å². The van der Waals surface area contributed by atoms with Gasteiger partial charge in [-0.2, -0.15) is 12.6 Å². The highest BCUT2D eigenvalue weighted by Gasteiger charge is 2.34. The largest absolute Gasteiger partial charge is 0.461 e. The molecule has 2 aromatic rings. The highest BCUT2D eigenvalue weighted by atomic mass is 32.1. The number of thiol groups is 1. The first-order valence-corrected chi connectivity index (χ1v) is 11.0. The summed E-state index contributed by atoms with van der Waals surface area (Å²) < 4.78 is 5.56. The SMILES string of the molecule is O=C(NC1CCCCC1C(=O)OCc1ccccc1)C(CS)Cc1ccccc1. The Morgan fingerprint density at radius 1 is 0.966 bits per heavy atom. The molecule has 0 bridgehead atoms. The van der Waals surface area contributed by atoms with Crippen molar-refractivity contribution in [3.8, 4) is 0 Å². The molecule has 1 aliphatic rings. The van der Waals surface area contributed by atoms with E-state index in [1.165, 1.54) is 0 Å². The number of amides is 1. The lowest BCUT2D eigenvalue weighted by atomic mass is 9.84. The van der Waals surface area contributed by atoms with Crippen molar-refractivity contribution in [2.45, 2.75) is 44.8 Å². The Bertz CT molecular complexity index is 781. The minimum Gasteiger partial charge on any atom is -0.461 e. The second-order valence-electron chi connectivity index (χ2n) is 7.67. The topological polar surface area (TPSA) is 55.4 Å². The molecule has 1 aliphatic carbocycles. The molecule has 2 aromatic carbocycles. The van der Waals surface area contributed by atoms with Crippen LogP contribution in [0.25, 0.3) is 0 Å². The summed E-state index contributed by atoms with van der Waals surface area (Å²) in [6.07, 6.45) is 4.20. The number of esters is 1. The average Bonchev–Trinajstić information content (AvgIpc) is 2.77. The number of hydrogen-bond donors (Lipinski definition) is 2. The number of rotatable bonds is 8. The van der Waals surface area contributed by atoms with Crippen LogP contribution in [0.1, 0.15) is 36.8 Å². The summed E-state index contributed by atoms with van der Waals surface area (Å²) in [5.41, 5.74) is 2.08. The minimum absolute atomic E-state index is 0.0309. The molecule has 1 N–H and O–H groups in total. The Balaban J connectivity index is 1.58. The van der Waals surface area contributed by atoms with Crippen LogP contribution < -0.4 is 5.32 Å². The second kappa shape index (κ2) is 11.1. The predicted molar refractivity (Wildman–Crippen MR) is 118 cm³/mol. The van der Waals surface area contributed by atoms with E-state index in [-0.39, 0.29) is 36.4 Å². The van der Waals surface area contributed by atoms with Crippen LogP contribution in [-0.4, -0.2) is 23.7 Å². The van der Waals surface area contributed by atoms with Gasteiger partial charge in [0.15, 0.2) is 0 Å². The quantitative estimate of drug-likeness (QED) is 0.506. The highest BCUT2D eigenvalue weighted by molar-refractivity contribution is 7.80. The zero-order valence-electron chi connectivity index (χ0n) is 16.6. The van der Waals surface area contributed by atoms with E-state index in [4.69, 9.17) is 4.74 Å². The molecule has 0 spiro atoms. The molecule has 3 atom stereocenters. The number of hydrogen-bond acceptors (Lipinski definition) is 4. The zero-order chi connectivity index (χ0) is 20.5. The zero-order valence-corrected chi connectivity index (χ0v) is 17.5. The number of nitrogens with one attached hydrogen (secondary N) is 1. The summed E-state index contributed by atoms with van der Waals surface area (Å²) >= 11 is 4.39. The number of carbonyl (C=O) groups excluding carboxylic acids is 2. The van der Waals surface area contributed by atoms with Crippen LogP contribution in [0.2, 0.25) is 0 Å². The van der Waals surface area contributed by atoms with Gasteiger partial charge in [-0.3, -0.25) is 9.59 Å². The van der Waals surface area contributed by atoms with Crippen LogP contribution in [0, 0.1) is 11.8 Å². The van der Waals surface area contributed by atoms with Gasteiger partial charge in [0.2, 0.25) is 5.91 Å². The second-order valence-corrected chi connectivity index (χ2v) is 8.03. The minimum atomic E-state index is -0.284. The van der Waals surface area contributed by atoms with Crippen LogP contribution in [-0.2, 0) is 27.4 Å². The van der Waals surface area contributed by atoms with E-state index in [1.54, 1.807) is 0 Å². The van der Waals surface area contributed by atoms with Crippen molar-refractivity contribution in [2.24, 2.45) is 11.8 Å². The molecule has 0 radical (unpaired) electrons. The van der Waals surface area contributed by atoms with Gasteiger partial charge in [-0.25, -0.2) is 0 Å². The molecule has 1 amide bonds. The van der Waals surface area contributed by atoms with E-state index in [1.807, 2.05) is 60.7 Å². The summed E-state index contributed by atoms with van der Waals surface area (Å²) in [6, 6.07) is 19.5. The fourth-order valence-corrected chi connectivity index (χ4v) is 4.16. The first-order valence-electron chi connectivity index (χ1n) is 10.3. The van der Waals surface area contributed by atoms with E-state index >= 15 is 0 Å². The van der Waals surface area contributed by atoms with Gasteiger partial charge < -0.3 is 10.1 Å². The molecule has 4 nitrogen and oxygen atoms in total. The molecule has 5 heteroatoms. The van der Waals surface area contributed by atoms with Crippen LogP contribution in [0.3, 0.4) is 0 Å². The van der Waals surface area contributed by atoms with Gasteiger partial charge in [-0.05, 0) is 30.4 Å².